The van der Waals surface area contributed by atoms with E-state index in [4.69, 9.17) is 69.6 Å². The molecule has 0 amide bonds. The highest BCUT2D eigenvalue weighted by Gasteiger charge is 2.32. The largest absolute Gasteiger partial charge is 0.253 e. The molecule has 0 aliphatic carbocycles. The summed E-state index contributed by atoms with van der Waals surface area (Å²) in [5, 5.41) is 0. The van der Waals surface area contributed by atoms with E-state index in [1.54, 1.807) is 0 Å². The summed E-state index contributed by atoms with van der Waals surface area (Å²) in [5.74, 6) is 0. The van der Waals surface area contributed by atoms with Crippen molar-refractivity contribution < 1.29 is 0 Å². The van der Waals surface area contributed by atoms with Crippen LogP contribution < -0.4 is 0 Å². The highest BCUT2D eigenvalue weighted by Crippen LogP contribution is 2.41. The predicted octanol–water partition coefficient (Wildman–Crippen LogP) is 7.96. The van der Waals surface area contributed by atoms with Crippen LogP contribution in [0, 0.1) is 0 Å². The molecule has 7 heteroatoms. The third kappa shape index (κ3) is 6.78. The van der Waals surface area contributed by atoms with Crippen LogP contribution >= 0.6 is 69.6 Å². The second-order valence-electron chi connectivity index (χ2n) is 5.18. The van der Waals surface area contributed by atoms with Crippen molar-refractivity contribution in [2.75, 3.05) is 0 Å². The summed E-state index contributed by atoms with van der Waals surface area (Å²) in [7, 11) is 0. The Bertz CT molecular complexity index is 635. The fourth-order valence-corrected chi connectivity index (χ4v) is 3.20. The van der Waals surface area contributed by atoms with Crippen molar-refractivity contribution >= 4 is 80.9 Å². The van der Waals surface area contributed by atoms with Gasteiger partial charge in [-0.3, -0.25) is 4.99 Å². The van der Waals surface area contributed by atoms with E-state index in [0.29, 0.717) is 18.6 Å². The lowest BCUT2D eigenvalue weighted by molar-refractivity contribution is 1.05. The first-order chi connectivity index (χ1) is 11.0. The lowest BCUT2D eigenvalue weighted by Crippen LogP contribution is -2.20. The summed E-state index contributed by atoms with van der Waals surface area (Å²) < 4.78 is -3.40. The molecule has 0 aliphatic rings. The highest BCUT2D eigenvalue weighted by molar-refractivity contribution is 6.77. The number of halogens is 6. The number of rotatable bonds is 5. The lowest BCUT2D eigenvalue weighted by atomic mass is 9.99. The van der Waals surface area contributed by atoms with E-state index in [1.807, 2.05) is 44.2 Å². The molecule has 0 unspecified atom stereocenters. The van der Waals surface area contributed by atoms with Crippen molar-refractivity contribution in [3.05, 3.63) is 53.7 Å². The minimum atomic E-state index is -1.74. The maximum atomic E-state index is 6.08. The fourth-order valence-electron chi connectivity index (χ4n) is 2.06. The van der Waals surface area contributed by atoms with Gasteiger partial charge in [0.1, 0.15) is 0 Å². The Balaban J connectivity index is 3.26. The van der Waals surface area contributed by atoms with Crippen molar-refractivity contribution in [1.29, 1.82) is 0 Å². The minimum absolute atomic E-state index is 0.243. The van der Waals surface area contributed by atoms with Gasteiger partial charge in [0, 0.05) is 0 Å². The first-order valence-electron chi connectivity index (χ1n) is 7.11. The molecule has 0 aromatic heterocycles. The molecule has 24 heavy (non-hydrogen) atoms. The number of alkyl halides is 6. The molecule has 0 saturated carbocycles. The van der Waals surface area contributed by atoms with Crippen LogP contribution in [0.15, 0.2) is 53.2 Å². The zero-order valence-electron chi connectivity index (χ0n) is 13.2. The molecule has 1 aromatic rings. The van der Waals surface area contributed by atoms with Crippen molar-refractivity contribution in [2.45, 2.75) is 34.3 Å². The van der Waals surface area contributed by atoms with Crippen LogP contribution in [0.2, 0.25) is 0 Å². The molecular weight excluding hydrogens is 431 g/mol. The Hall–Kier alpha value is 0.110. The van der Waals surface area contributed by atoms with E-state index in [2.05, 4.69) is 11.6 Å². The third-order valence-corrected chi connectivity index (χ3v) is 4.43. The maximum Gasteiger partial charge on any atom is 0.232 e. The molecule has 1 aromatic carbocycles. The smallest absolute Gasteiger partial charge is 0.232 e. The topological polar surface area (TPSA) is 12.4 Å². The van der Waals surface area contributed by atoms with E-state index in [1.165, 1.54) is 0 Å². The lowest BCUT2D eigenvalue weighted by Gasteiger charge is -2.20. The zero-order chi connectivity index (χ0) is 18.5. The van der Waals surface area contributed by atoms with Gasteiger partial charge in [0.25, 0.3) is 0 Å². The van der Waals surface area contributed by atoms with Gasteiger partial charge in [-0.25, -0.2) is 0 Å². The van der Waals surface area contributed by atoms with Crippen LogP contribution in [-0.2, 0) is 0 Å². The van der Waals surface area contributed by atoms with Crippen LogP contribution in [0.4, 0.5) is 0 Å². The zero-order valence-corrected chi connectivity index (χ0v) is 17.8. The molecule has 1 nitrogen and oxygen atoms in total. The van der Waals surface area contributed by atoms with Crippen LogP contribution in [0.3, 0.4) is 0 Å². The Morgan fingerprint density at radius 2 is 1.54 bits per heavy atom. The molecule has 0 N–H and O–H groups in total. The van der Waals surface area contributed by atoms with Crippen molar-refractivity contribution in [3.63, 3.8) is 0 Å². The quantitative estimate of drug-likeness (QED) is 0.320. The van der Waals surface area contributed by atoms with Gasteiger partial charge in [-0.15, -0.1) is 0 Å². The first kappa shape index (κ1) is 22.2. The number of hydrogen-bond donors (Lipinski definition) is 0. The van der Waals surface area contributed by atoms with E-state index < -0.39 is 7.59 Å². The molecule has 0 radical (unpaired) electrons. The van der Waals surface area contributed by atoms with Crippen molar-refractivity contribution in [1.82, 2.24) is 0 Å². The van der Waals surface area contributed by atoms with Gasteiger partial charge >= 0.3 is 0 Å². The van der Waals surface area contributed by atoms with Gasteiger partial charge in [0.05, 0.1) is 11.4 Å². The third-order valence-electron chi connectivity index (χ3n) is 3.24. The number of allylic oxidation sites excluding steroid dienone is 3. The highest BCUT2D eigenvalue weighted by atomic mass is 35.6. The normalized spacial score (nSPS) is 14.4. The van der Waals surface area contributed by atoms with Gasteiger partial charge in [-0.2, -0.15) is 0 Å². The Morgan fingerprint density at radius 1 is 1.00 bits per heavy atom. The van der Waals surface area contributed by atoms with Gasteiger partial charge in [-0.1, -0.05) is 113 Å². The molecule has 0 heterocycles. The van der Waals surface area contributed by atoms with Crippen LogP contribution in [0.1, 0.15) is 32.3 Å². The molecule has 0 atom stereocenters. The number of nitrogens with zero attached hydrogens (tertiary/aromatic N) is 1. The van der Waals surface area contributed by atoms with Gasteiger partial charge in [-0.05, 0) is 36.5 Å². The van der Waals surface area contributed by atoms with Gasteiger partial charge in [0.2, 0.25) is 7.59 Å². The average molecular weight is 448 g/mol. The minimum Gasteiger partial charge on any atom is -0.253 e. The summed E-state index contributed by atoms with van der Waals surface area (Å²) in [6, 6.07) is 9.74. The predicted molar refractivity (Wildman–Crippen MR) is 111 cm³/mol. The SMILES string of the molecule is C=C(C/C(C)=C(\N=C(CC)C(Cl)(Cl)Cl)C(Cl)(Cl)Cl)c1ccccc1. The van der Waals surface area contributed by atoms with E-state index in [-0.39, 0.29) is 5.70 Å². The molecule has 0 saturated heterocycles. The summed E-state index contributed by atoms with van der Waals surface area (Å²) in [6.45, 7) is 7.72. The Morgan fingerprint density at radius 3 is 1.96 bits per heavy atom. The second-order valence-corrected chi connectivity index (χ2v) is 9.75. The van der Waals surface area contributed by atoms with Crippen LogP contribution in [0.5, 0.6) is 0 Å². The van der Waals surface area contributed by atoms with Crippen molar-refractivity contribution in [3.8, 4) is 0 Å². The average Bonchev–Trinajstić information content (AvgIpc) is 2.46. The summed E-state index contributed by atoms with van der Waals surface area (Å²) in [4.78, 5) is 4.35. The summed E-state index contributed by atoms with van der Waals surface area (Å²) in [6.07, 6.45) is 0.890. The van der Waals surface area contributed by atoms with E-state index >= 15 is 0 Å². The Labute approximate surface area is 173 Å². The number of aliphatic imine (C=N–C) groups is 1. The van der Waals surface area contributed by atoms with Crippen LogP contribution in [-0.4, -0.2) is 13.3 Å². The molecule has 0 bridgehead atoms. The molecule has 1 rings (SSSR count). The number of hydrogen-bond acceptors (Lipinski definition) is 1. The van der Waals surface area contributed by atoms with Gasteiger partial charge < -0.3 is 0 Å². The first-order valence-corrected chi connectivity index (χ1v) is 9.38. The fraction of sp³-hybridized carbons (Fsp3) is 0.353. The molecule has 132 valence electrons. The molecular formula is C17H17Cl6N. The maximum absolute atomic E-state index is 6.08. The van der Waals surface area contributed by atoms with Crippen molar-refractivity contribution in [2.24, 2.45) is 4.99 Å². The van der Waals surface area contributed by atoms with E-state index in [9.17, 15) is 0 Å². The van der Waals surface area contributed by atoms with Gasteiger partial charge in [0.15, 0.2) is 0 Å². The Kier molecular flexibility index (Phi) is 8.46. The van der Waals surface area contributed by atoms with Crippen LogP contribution in [0.25, 0.3) is 5.57 Å². The summed E-state index contributed by atoms with van der Waals surface area (Å²) >= 11 is 36.0. The van der Waals surface area contributed by atoms with E-state index in [0.717, 1.165) is 16.7 Å². The molecule has 0 spiro atoms. The standard InChI is InChI=1S/C17H17Cl6N/c1-4-14(16(18,19)20)24-15(17(21,22)23)12(3)10-11(2)13-8-6-5-7-9-13/h5-9H,2,4,10H2,1,3H3/b15-12-,24-14?. The second kappa shape index (κ2) is 9.16. The molecule has 0 fully saturated rings. The molecule has 0 aliphatic heterocycles. The number of benzene rings is 1. The monoisotopic (exact) mass is 445 g/mol. The summed E-state index contributed by atoms with van der Waals surface area (Å²) in [5.41, 5.74) is 3.17.